The molecule has 0 radical (unpaired) electrons. The zero-order chi connectivity index (χ0) is 12.5. The summed E-state index contributed by atoms with van der Waals surface area (Å²) in [7, 11) is 2.12. The molecular weight excluding hydrogens is 224 g/mol. The summed E-state index contributed by atoms with van der Waals surface area (Å²) in [6, 6.07) is 7.11. The zero-order valence-electron chi connectivity index (χ0n) is 11.1. The number of aryl methyl sites for hydroxylation is 2. The molecule has 1 N–H and O–H groups in total. The van der Waals surface area contributed by atoms with Gasteiger partial charge in [0.2, 0.25) is 0 Å². The normalized spacial score (nSPS) is 21.1. The Morgan fingerprint density at radius 3 is 3.11 bits per heavy atom. The van der Waals surface area contributed by atoms with E-state index in [1.54, 1.807) is 0 Å². The maximum atomic E-state index is 5.51. The van der Waals surface area contributed by atoms with Crippen LogP contribution in [-0.2, 0) is 11.8 Å². The summed E-state index contributed by atoms with van der Waals surface area (Å²) < 4.78 is 7.74. The second-order valence-corrected chi connectivity index (χ2v) is 5.12. The standard InChI is InChI=1S/C15H20N2O/c1-11-3-4-12-13(10-17(2)15(12)9-11)14-5-7-18-8-6-16-14/h3-4,9-10,14,16H,5-8H2,1-2H3. The van der Waals surface area contributed by atoms with Crippen molar-refractivity contribution in [3.8, 4) is 0 Å². The van der Waals surface area contributed by atoms with Crippen LogP contribution in [0.4, 0.5) is 0 Å². The predicted octanol–water partition coefficient (Wildman–Crippen LogP) is 2.54. The van der Waals surface area contributed by atoms with Crippen LogP contribution >= 0.6 is 0 Å². The molecule has 0 spiro atoms. The fourth-order valence-electron chi connectivity index (χ4n) is 2.78. The van der Waals surface area contributed by atoms with Crippen molar-refractivity contribution in [2.75, 3.05) is 19.8 Å². The van der Waals surface area contributed by atoms with Gasteiger partial charge in [-0.15, -0.1) is 0 Å². The topological polar surface area (TPSA) is 26.2 Å². The Kier molecular flexibility index (Phi) is 3.10. The predicted molar refractivity (Wildman–Crippen MR) is 73.8 cm³/mol. The molecule has 18 heavy (non-hydrogen) atoms. The van der Waals surface area contributed by atoms with Gasteiger partial charge in [-0.2, -0.15) is 0 Å². The minimum atomic E-state index is 0.416. The molecule has 1 aromatic carbocycles. The Labute approximate surface area is 108 Å². The van der Waals surface area contributed by atoms with Gasteiger partial charge in [0.25, 0.3) is 0 Å². The highest BCUT2D eigenvalue weighted by molar-refractivity contribution is 5.85. The second kappa shape index (κ2) is 4.75. The first-order valence-electron chi connectivity index (χ1n) is 6.62. The minimum Gasteiger partial charge on any atom is -0.380 e. The number of nitrogens with one attached hydrogen (secondary N) is 1. The largest absolute Gasteiger partial charge is 0.380 e. The van der Waals surface area contributed by atoms with E-state index in [9.17, 15) is 0 Å². The molecule has 1 aliphatic heterocycles. The molecule has 1 unspecified atom stereocenters. The van der Waals surface area contributed by atoms with E-state index in [0.717, 1.165) is 26.2 Å². The van der Waals surface area contributed by atoms with E-state index in [4.69, 9.17) is 4.74 Å². The summed E-state index contributed by atoms with van der Waals surface area (Å²) in [5.41, 5.74) is 4.03. The van der Waals surface area contributed by atoms with Gasteiger partial charge >= 0.3 is 0 Å². The molecule has 1 saturated heterocycles. The lowest BCUT2D eigenvalue weighted by molar-refractivity contribution is 0.150. The molecule has 1 aliphatic rings. The Bertz CT molecular complexity index is 551. The van der Waals surface area contributed by atoms with Crippen LogP contribution in [0.3, 0.4) is 0 Å². The monoisotopic (exact) mass is 244 g/mol. The number of aromatic nitrogens is 1. The zero-order valence-corrected chi connectivity index (χ0v) is 11.1. The van der Waals surface area contributed by atoms with E-state index >= 15 is 0 Å². The van der Waals surface area contributed by atoms with Crippen LogP contribution < -0.4 is 5.32 Å². The van der Waals surface area contributed by atoms with E-state index < -0.39 is 0 Å². The van der Waals surface area contributed by atoms with Gasteiger partial charge in [0.15, 0.2) is 0 Å². The molecule has 0 bridgehead atoms. The molecule has 2 aromatic rings. The Balaban J connectivity index is 2.05. The van der Waals surface area contributed by atoms with Crippen molar-refractivity contribution in [3.05, 3.63) is 35.5 Å². The summed E-state index contributed by atoms with van der Waals surface area (Å²) in [5, 5.41) is 4.94. The van der Waals surface area contributed by atoms with Gasteiger partial charge in [-0.1, -0.05) is 12.1 Å². The van der Waals surface area contributed by atoms with Gasteiger partial charge in [-0.3, -0.25) is 0 Å². The molecule has 1 atom stereocenters. The summed E-state index contributed by atoms with van der Waals surface area (Å²) in [6.45, 7) is 4.75. The van der Waals surface area contributed by atoms with Crippen molar-refractivity contribution >= 4 is 10.9 Å². The van der Waals surface area contributed by atoms with Crippen LogP contribution in [0.25, 0.3) is 10.9 Å². The third-order valence-corrected chi connectivity index (χ3v) is 3.74. The summed E-state index contributed by atoms with van der Waals surface area (Å²) in [5.74, 6) is 0. The van der Waals surface area contributed by atoms with E-state index in [2.05, 4.69) is 48.3 Å². The lowest BCUT2D eigenvalue weighted by Crippen LogP contribution is -2.21. The van der Waals surface area contributed by atoms with Crippen LogP contribution in [0.15, 0.2) is 24.4 Å². The van der Waals surface area contributed by atoms with Gasteiger partial charge in [0, 0.05) is 43.3 Å². The molecule has 3 rings (SSSR count). The molecule has 2 heterocycles. The molecule has 0 aliphatic carbocycles. The maximum Gasteiger partial charge on any atom is 0.0591 e. The quantitative estimate of drug-likeness (QED) is 0.834. The van der Waals surface area contributed by atoms with Crippen LogP contribution in [0, 0.1) is 6.92 Å². The molecule has 0 amide bonds. The number of fused-ring (bicyclic) bond motifs is 1. The first kappa shape index (κ1) is 11.8. The summed E-state index contributed by atoms with van der Waals surface area (Å²) in [4.78, 5) is 0. The van der Waals surface area contributed by atoms with Crippen LogP contribution in [0.5, 0.6) is 0 Å². The summed E-state index contributed by atoms with van der Waals surface area (Å²) in [6.07, 6.45) is 3.31. The van der Waals surface area contributed by atoms with Crippen LogP contribution in [0.2, 0.25) is 0 Å². The van der Waals surface area contributed by atoms with E-state index in [0.29, 0.717) is 6.04 Å². The smallest absolute Gasteiger partial charge is 0.0591 e. The van der Waals surface area contributed by atoms with Gasteiger partial charge in [0.1, 0.15) is 0 Å². The van der Waals surface area contributed by atoms with Crippen molar-refractivity contribution in [1.82, 2.24) is 9.88 Å². The highest BCUT2D eigenvalue weighted by Crippen LogP contribution is 2.29. The van der Waals surface area contributed by atoms with Gasteiger partial charge < -0.3 is 14.6 Å². The highest BCUT2D eigenvalue weighted by atomic mass is 16.5. The van der Waals surface area contributed by atoms with E-state index in [1.165, 1.54) is 22.0 Å². The summed E-state index contributed by atoms with van der Waals surface area (Å²) >= 11 is 0. The number of hydrogen-bond acceptors (Lipinski definition) is 2. The maximum absolute atomic E-state index is 5.51. The minimum absolute atomic E-state index is 0.416. The number of hydrogen-bond donors (Lipinski definition) is 1. The fourth-order valence-corrected chi connectivity index (χ4v) is 2.78. The second-order valence-electron chi connectivity index (χ2n) is 5.12. The lowest BCUT2D eigenvalue weighted by atomic mass is 10.0. The number of nitrogens with zero attached hydrogens (tertiary/aromatic N) is 1. The van der Waals surface area contributed by atoms with Crippen molar-refractivity contribution in [2.24, 2.45) is 7.05 Å². The fraction of sp³-hybridized carbons (Fsp3) is 0.467. The Hall–Kier alpha value is -1.32. The van der Waals surface area contributed by atoms with Gasteiger partial charge in [-0.05, 0) is 30.5 Å². The van der Waals surface area contributed by atoms with Crippen molar-refractivity contribution in [3.63, 3.8) is 0 Å². The number of ether oxygens (including phenoxy) is 1. The Morgan fingerprint density at radius 1 is 1.33 bits per heavy atom. The molecule has 1 aromatic heterocycles. The highest BCUT2D eigenvalue weighted by Gasteiger charge is 2.18. The van der Waals surface area contributed by atoms with E-state index in [-0.39, 0.29) is 0 Å². The third kappa shape index (κ3) is 2.04. The molecule has 1 fully saturated rings. The lowest BCUT2D eigenvalue weighted by Gasteiger charge is -2.14. The van der Waals surface area contributed by atoms with Crippen LogP contribution in [-0.4, -0.2) is 24.3 Å². The first-order chi connectivity index (χ1) is 8.75. The van der Waals surface area contributed by atoms with Crippen molar-refractivity contribution < 1.29 is 4.74 Å². The average molecular weight is 244 g/mol. The molecular formula is C15H20N2O. The van der Waals surface area contributed by atoms with Gasteiger partial charge in [-0.25, -0.2) is 0 Å². The molecule has 0 saturated carbocycles. The van der Waals surface area contributed by atoms with E-state index in [1.807, 2.05) is 0 Å². The third-order valence-electron chi connectivity index (χ3n) is 3.74. The Morgan fingerprint density at radius 2 is 2.22 bits per heavy atom. The molecule has 3 nitrogen and oxygen atoms in total. The van der Waals surface area contributed by atoms with Crippen LogP contribution in [0.1, 0.15) is 23.6 Å². The average Bonchev–Trinajstić information content (AvgIpc) is 2.58. The number of benzene rings is 1. The first-order valence-corrected chi connectivity index (χ1v) is 6.62. The van der Waals surface area contributed by atoms with Crippen molar-refractivity contribution in [1.29, 1.82) is 0 Å². The molecule has 96 valence electrons. The SMILES string of the molecule is Cc1ccc2c(C3CCOCCN3)cn(C)c2c1. The van der Waals surface area contributed by atoms with Gasteiger partial charge in [0.05, 0.1) is 6.61 Å². The van der Waals surface area contributed by atoms with Crippen molar-refractivity contribution in [2.45, 2.75) is 19.4 Å². The molecule has 3 heteroatoms. The number of rotatable bonds is 1.